The zero-order chi connectivity index (χ0) is 19.8. The van der Waals surface area contributed by atoms with Gasteiger partial charge in [0.15, 0.2) is 0 Å². The van der Waals surface area contributed by atoms with Crippen LogP contribution < -0.4 is 5.32 Å². The highest BCUT2D eigenvalue weighted by atomic mass is 16.2. The molecule has 2 heterocycles. The molecule has 0 spiro atoms. The fraction of sp³-hybridized carbons (Fsp3) is 0.609. The first-order valence-electron chi connectivity index (χ1n) is 11.2. The molecule has 1 atom stereocenters. The van der Waals surface area contributed by atoms with Crippen molar-refractivity contribution in [2.45, 2.75) is 63.3 Å². The number of benzene rings is 1. The zero-order valence-electron chi connectivity index (χ0n) is 16.9. The van der Waals surface area contributed by atoms with E-state index in [1.54, 1.807) is 0 Å². The Hall–Kier alpha value is -2.37. The molecule has 2 N–H and O–H groups in total. The third-order valence-corrected chi connectivity index (χ3v) is 7.01. The van der Waals surface area contributed by atoms with E-state index in [9.17, 15) is 9.59 Å². The van der Waals surface area contributed by atoms with E-state index in [1.807, 2.05) is 17.0 Å². The molecule has 0 unspecified atom stereocenters. The van der Waals surface area contributed by atoms with Crippen LogP contribution in [0.2, 0.25) is 0 Å². The number of piperidine rings is 1. The maximum absolute atomic E-state index is 12.7. The van der Waals surface area contributed by atoms with Crippen molar-refractivity contribution in [1.82, 2.24) is 20.2 Å². The lowest BCUT2D eigenvalue weighted by molar-refractivity contribution is -0.138. The van der Waals surface area contributed by atoms with Crippen molar-refractivity contribution in [2.24, 2.45) is 11.8 Å². The molecule has 2 aromatic rings. The van der Waals surface area contributed by atoms with Crippen molar-refractivity contribution in [1.29, 1.82) is 0 Å². The summed E-state index contributed by atoms with van der Waals surface area (Å²) in [5, 5.41) is 3.19. The van der Waals surface area contributed by atoms with Crippen molar-refractivity contribution >= 4 is 22.8 Å². The fourth-order valence-electron chi connectivity index (χ4n) is 5.02. The molecular formula is C23H30N4O2. The number of aromatic amines is 1. The van der Waals surface area contributed by atoms with Crippen LogP contribution in [-0.2, 0) is 9.59 Å². The second kappa shape index (κ2) is 7.81. The quantitative estimate of drug-likeness (QED) is 0.816. The second-order valence-corrected chi connectivity index (χ2v) is 9.11. The summed E-state index contributed by atoms with van der Waals surface area (Å²) in [6, 6.07) is 8.61. The number of aromatic nitrogens is 2. The monoisotopic (exact) mass is 394 g/mol. The maximum atomic E-state index is 12.7. The molecule has 1 aromatic carbocycles. The number of carbonyl (C=O) groups is 2. The summed E-state index contributed by atoms with van der Waals surface area (Å²) in [5.74, 6) is 2.50. The minimum absolute atomic E-state index is 0.0276. The Morgan fingerprint density at radius 1 is 1.10 bits per heavy atom. The van der Waals surface area contributed by atoms with Crippen molar-refractivity contribution in [3.05, 3.63) is 30.1 Å². The minimum Gasteiger partial charge on any atom is -0.356 e. The van der Waals surface area contributed by atoms with E-state index in [1.165, 1.54) is 0 Å². The number of para-hydroxylation sites is 2. The largest absolute Gasteiger partial charge is 0.356 e. The molecule has 29 heavy (non-hydrogen) atoms. The van der Waals surface area contributed by atoms with Gasteiger partial charge in [-0.25, -0.2) is 4.98 Å². The molecule has 154 valence electrons. The van der Waals surface area contributed by atoms with E-state index in [0.717, 1.165) is 61.9 Å². The molecule has 2 amide bonds. The molecule has 1 aliphatic heterocycles. The first-order chi connectivity index (χ1) is 14.2. The van der Waals surface area contributed by atoms with Crippen LogP contribution in [0.4, 0.5) is 0 Å². The Bertz CT molecular complexity index is 862. The van der Waals surface area contributed by atoms with Crippen LogP contribution in [0.15, 0.2) is 24.3 Å². The molecule has 1 saturated heterocycles. The van der Waals surface area contributed by atoms with Gasteiger partial charge in [0.25, 0.3) is 0 Å². The summed E-state index contributed by atoms with van der Waals surface area (Å²) in [6.45, 7) is 1.38. The van der Waals surface area contributed by atoms with E-state index in [4.69, 9.17) is 4.98 Å². The number of H-pyrrole nitrogens is 1. The van der Waals surface area contributed by atoms with Crippen LogP contribution >= 0.6 is 0 Å². The SMILES string of the molecule is O=C(NCC1CCC(c2nc3ccccc3[nH]2)CC1)[C@@H]1CCC(=O)N(C2CC2)C1. The summed E-state index contributed by atoms with van der Waals surface area (Å²) in [6.07, 6.45) is 7.92. The molecule has 2 aliphatic carbocycles. The Labute approximate surface area is 171 Å². The van der Waals surface area contributed by atoms with Crippen molar-refractivity contribution in [3.8, 4) is 0 Å². The van der Waals surface area contributed by atoms with E-state index < -0.39 is 0 Å². The highest BCUT2D eigenvalue weighted by molar-refractivity contribution is 5.84. The van der Waals surface area contributed by atoms with Crippen LogP contribution in [0.3, 0.4) is 0 Å². The van der Waals surface area contributed by atoms with Crippen LogP contribution in [0.5, 0.6) is 0 Å². The van der Waals surface area contributed by atoms with Crippen LogP contribution in [-0.4, -0.2) is 45.8 Å². The summed E-state index contributed by atoms with van der Waals surface area (Å²) >= 11 is 0. The molecule has 0 bridgehead atoms. The van der Waals surface area contributed by atoms with Gasteiger partial charge in [0.1, 0.15) is 5.82 Å². The number of nitrogens with one attached hydrogen (secondary N) is 2. The number of nitrogens with zero attached hydrogens (tertiary/aromatic N) is 2. The Kier molecular flexibility index (Phi) is 5.02. The van der Waals surface area contributed by atoms with Gasteiger partial charge in [0, 0.05) is 31.5 Å². The number of likely N-dealkylation sites (tertiary alicyclic amines) is 1. The topological polar surface area (TPSA) is 78.1 Å². The number of imidazole rings is 1. The summed E-state index contributed by atoms with van der Waals surface area (Å²) in [5.41, 5.74) is 2.16. The van der Waals surface area contributed by atoms with E-state index in [2.05, 4.69) is 22.4 Å². The van der Waals surface area contributed by atoms with Gasteiger partial charge in [-0.05, 0) is 63.0 Å². The molecule has 0 radical (unpaired) electrons. The van der Waals surface area contributed by atoms with Gasteiger partial charge in [0.05, 0.1) is 17.0 Å². The zero-order valence-corrected chi connectivity index (χ0v) is 16.9. The van der Waals surface area contributed by atoms with Gasteiger partial charge in [-0.1, -0.05) is 12.1 Å². The first-order valence-corrected chi connectivity index (χ1v) is 11.2. The predicted octanol–water partition coefficient (Wildman–Crippen LogP) is 3.35. The highest BCUT2D eigenvalue weighted by Crippen LogP contribution is 2.35. The molecule has 5 rings (SSSR count). The van der Waals surface area contributed by atoms with Crippen LogP contribution in [0.25, 0.3) is 11.0 Å². The van der Waals surface area contributed by atoms with Crippen molar-refractivity contribution in [2.75, 3.05) is 13.1 Å². The van der Waals surface area contributed by atoms with Gasteiger partial charge in [-0.3, -0.25) is 9.59 Å². The van der Waals surface area contributed by atoms with Gasteiger partial charge in [-0.15, -0.1) is 0 Å². The van der Waals surface area contributed by atoms with Crippen LogP contribution in [0, 0.1) is 11.8 Å². The maximum Gasteiger partial charge on any atom is 0.224 e. The third kappa shape index (κ3) is 4.02. The van der Waals surface area contributed by atoms with Crippen LogP contribution in [0.1, 0.15) is 63.1 Å². The molecule has 3 fully saturated rings. The lowest BCUT2D eigenvalue weighted by Gasteiger charge is -2.33. The Morgan fingerprint density at radius 2 is 1.90 bits per heavy atom. The minimum atomic E-state index is -0.0276. The second-order valence-electron chi connectivity index (χ2n) is 9.11. The normalized spacial score (nSPS) is 27.9. The van der Waals surface area contributed by atoms with E-state index in [0.29, 0.717) is 37.3 Å². The number of hydrogen-bond donors (Lipinski definition) is 2. The highest BCUT2D eigenvalue weighted by Gasteiger charge is 2.38. The standard InChI is InChI=1S/C23H30N4O2/c28-21-12-9-17(14-27(21)18-10-11-18)23(29)24-13-15-5-7-16(8-6-15)22-25-19-3-1-2-4-20(19)26-22/h1-4,15-18H,5-14H2,(H,24,29)(H,25,26)/t15?,16?,17-/m1/s1. The average Bonchev–Trinajstić information content (AvgIpc) is 3.50. The summed E-state index contributed by atoms with van der Waals surface area (Å²) < 4.78 is 0. The Morgan fingerprint density at radius 3 is 2.66 bits per heavy atom. The number of fused-ring (bicyclic) bond motifs is 1. The van der Waals surface area contributed by atoms with Gasteiger partial charge < -0.3 is 15.2 Å². The van der Waals surface area contributed by atoms with Gasteiger partial charge in [-0.2, -0.15) is 0 Å². The first kappa shape index (κ1) is 18.6. The molecule has 1 aromatic heterocycles. The van der Waals surface area contributed by atoms with E-state index >= 15 is 0 Å². The summed E-state index contributed by atoms with van der Waals surface area (Å²) in [7, 11) is 0. The lowest BCUT2D eigenvalue weighted by Crippen LogP contribution is -2.47. The molecule has 6 nitrogen and oxygen atoms in total. The van der Waals surface area contributed by atoms with Crippen molar-refractivity contribution < 1.29 is 9.59 Å². The van der Waals surface area contributed by atoms with Gasteiger partial charge >= 0.3 is 0 Å². The smallest absolute Gasteiger partial charge is 0.224 e. The molecule has 3 aliphatic rings. The molecular weight excluding hydrogens is 364 g/mol. The predicted molar refractivity (Wildman–Crippen MR) is 111 cm³/mol. The Balaban J connectivity index is 1.09. The number of hydrogen-bond acceptors (Lipinski definition) is 3. The number of carbonyl (C=O) groups excluding carboxylic acids is 2. The summed E-state index contributed by atoms with van der Waals surface area (Å²) in [4.78, 5) is 34.9. The molecule has 6 heteroatoms. The fourth-order valence-corrected chi connectivity index (χ4v) is 5.02. The lowest BCUT2D eigenvalue weighted by atomic mass is 9.81. The van der Waals surface area contributed by atoms with Gasteiger partial charge in [0.2, 0.25) is 11.8 Å². The third-order valence-electron chi connectivity index (χ3n) is 7.01. The van der Waals surface area contributed by atoms with Crippen molar-refractivity contribution in [3.63, 3.8) is 0 Å². The average molecular weight is 395 g/mol. The number of rotatable bonds is 5. The number of amides is 2. The molecule has 2 saturated carbocycles. The van der Waals surface area contributed by atoms with E-state index in [-0.39, 0.29) is 17.7 Å².